The van der Waals surface area contributed by atoms with Crippen LogP contribution in [0.1, 0.15) is 112 Å². The first-order valence-corrected chi connectivity index (χ1v) is 14.2. The Bertz CT molecular complexity index is 396. The second-order valence-corrected chi connectivity index (χ2v) is 10.7. The Balaban J connectivity index is -0.000000228. The van der Waals surface area contributed by atoms with Crippen molar-refractivity contribution in [1.29, 1.82) is 0 Å². The van der Waals surface area contributed by atoms with Crippen molar-refractivity contribution in [3.63, 3.8) is 0 Å². The van der Waals surface area contributed by atoms with Crippen LogP contribution < -0.4 is 0 Å². The summed E-state index contributed by atoms with van der Waals surface area (Å²) in [5, 5.41) is 0. The van der Waals surface area contributed by atoms with Crippen molar-refractivity contribution in [2.24, 2.45) is 0 Å². The molecule has 37 heavy (non-hydrogen) atoms. The van der Waals surface area contributed by atoms with Gasteiger partial charge in [0.2, 0.25) is 0 Å². The smallest absolute Gasteiger partial charge is 0.418 e. The number of unbranched alkanes of at least 4 members (excludes halogenated alkanes) is 7. The average molecular weight is 560 g/mol. The normalized spacial score (nSPS) is 12.0. The summed E-state index contributed by atoms with van der Waals surface area (Å²) in [6.07, 6.45) is 16.6. The van der Waals surface area contributed by atoms with E-state index in [1.165, 1.54) is 114 Å². The van der Waals surface area contributed by atoms with Gasteiger partial charge in [-0.3, -0.25) is 0 Å². The molecular weight excluding hydrogens is 502 g/mol. The summed E-state index contributed by atoms with van der Waals surface area (Å²) in [6, 6.07) is 0. The molecule has 0 N–H and O–H groups in total. The van der Waals surface area contributed by atoms with Gasteiger partial charge >= 0.3 is 14.5 Å². The van der Waals surface area contributed by atoms with Gasteiger partial charge in [-0.25, -0.2) is 0 Å². The molecule has 0 aliphatic heterocycles. The first-order valence-electron chi connectivity index (χ1n) is 14.2. The van der Waals surface area contributed by atoms with Crippen molar-refractivity contribution in [2.45, 2.75) is 112 Å². The van der Waals surface area contributed by atoms with Gasteiger partial charge in [0.05, 0.1) is 53.9 Å². The van der Waals surface area contributed by atoms with Gasteiger partial charge in [-0.1, -0.05) is 73.1 Å². The topological polar surface area (TPSA) is 0 Å². The highest BCUT2D eigenvalue weighted by Crippen LogP contribution is 2.16. The third-order valence-corrected chi connectivity index (χ3v) is 5.63. The fourth-order valence-corrected chi connectivity index (χ4v) is 3.66. The number of quaternary nitrogens is 2. The first-order chi connectivity index (χ1) is 16.8. The van der Waals surface area contributed by atoms with Gasteiger partial charge in [0.1, 0.15) is 0 Å². The molecule has 0 saturated heterocycles. The van der Waals surface area contributed by atoms with Crippen molar-refractivity contribution in [1.82, 2.24) is 0 Å². The summed E-state index contributed by atoms with van der Waals surface area (Å²) in [7, 11) is -5.23. The van der Waals surface area contributed by atoms with E-state index in [9.17, 15) is 34.5 Å². The third kappa shape index (κ3) is 56.7. The number of hydrogen-bond donors (Lipinski definition) is 0. The third-order valence-electron chi connectivity index (χ3n) is 5.63. The lowest BCUT2D eigenvalue weighted by molar-refractivity contribution is -0.929. The molecular formula is C25H58B2F8N2. The lowest BCUT2D eigenvalue weighted by atomic mass is 10.1. The Morgan fingerprint density at radius 1 is 0.378 bits per heavy atom. The summed E-state index contributed by atoms with van der Waals surface area (Å²) in [6.45, 7) is 18.6. The van der Waals surface area contributed by atoms with Gasteiger partial charge in [-0.2, -0.15) is 0 Å². The molecule has 0 bridgehead atoms. The highest BCUT2D eigenvalue weighted by molar-refractivity contribution is 6.50. The lowest BCUT2D eigenvalue weighted by Crippen LogP contribution is -2.50. The van der Waals surface area contributed by atoms with Gasteiger partial charge in [0.25, 0.3) is 0 Å². The summed E-state index contributed by atoms with van der Waals surface area (Å²) in [5.74, 6) is 0. The molecule has 2 nitrogen and oxygen atoms in total. The van der Waals surface area contributed by atoms with E-state index in [0.717, 1.165) is 4.48 Å². The quantitative estimate of drug-likeness (QED) is 0.0719. The van der Waals surface area contributed by atoms with Crippen LogP contribution in [0.5, 0.6) is 0 Å². The summed E-state index contributed by atoms with van der Waals surface area (Å²) < 4.78 is 80.5. The molecule has 0 amide bonds. The maximum atomic E-state index is 9.75. The Morgan fingerprint density at radius 2 is 0.622 bits per heavy atom. The van der Waals surface area contributed by atoms with Crippen LogP contribution in [0.4, 0.5) is 34.5 Å². The zero-order chi connectivity index (χ0) is 30.0. The standard InChI is InChI=1S/C16H36N.C9H22N.2BF4/c1-5-9-13-17(14-10-6-2,15-11-7-3)16-12-8-4;1-5-6-7-8-9-10(2,3)4;2*2-1(3,4)5/h5-16H2,1-4H3;5-9H2,1-4H3;;/q2*+1;2*-1. The van der Waals surface area contributed by atoms with E-state index in [1.807, 2.05) is 0 Å². The minimum absolute atomic E-state index is 1.11. The van der Waals surface area contributed by atoms with Gasteiger partial charge in [-0.15, -0.1) is 0 Å². The van der Waals surface area contributed by atoms with Crippen LogP contribution in [0.25, 0.3) is 0 Å². The Labute approximate surface area is 223 Å². The van der Waals surface area contributed by atoms with E-state index in [0.29, 0.717) is 0 Å². The van der Waals surface area contributed by atoms with Gasteiger partial charge in [0, 0.05) is 0 Å². The van der Waals surface area contributed by atoms with Crippen LogP contribution in [0.15, 0.2) is 0 Å². The van der Waals surface area contributed by atoms with Crippen molar-refractivity contribution in [2.75, 3.05) is 53.9 Å². The predicted octanol–water partition coefficient (Wildman–Crippen LogP) is 9.88. The van der Waals surface area contributed by atoms with Gasteiger partial charge in [-0.05, 0) is 38.5 Å². The molecule has 0 aliphatic carbocycles. The number of nitrogens with zero attached hydrogens (tertiary/aromatic N) is 2. The molecule has 230 valence electrons. The Kier molecular flexibility index (Phi) is 30.3. The molecule has 12 heteroatoms. The maximum Gasteiger partial charge on any atom is 0.673 e. The van der Waals surface area contributed by atoms with Crippen molar-refractivity contribution in [3.8, 4) is 0 Å². The number of hydrogen-bond acceptors (Lipinski definition) is 0. The molecule has 0 spiro atoms. The fourth-order valence-electron chi connectivity index (χ4n) is 3.66. The van der Waals surface area contributed by atoms with E-state index in [4.69, 9.17) is 0 Å². The minimum Gasteiger partial charge on any atom is -0.418 e. The summed E-state index contributed by atoms with van der Waals surface area (Å²) in [5.41, 5.74) is 0. The monoisotopic (exact) mass is 560 g/mol. The van der Waals surface area contributed by atoms with E-state index in [-0.39, 0.29) is 0 Å². The Hall–Kier alpha value is -0.510. The molecule has 0 heterocycles. The van der Waals surface area contributed by atoms with Crippen LogP contribution in [-0.2, 0) is 0 Å². The summed E-state index contributed by atoms with van der Waals surface area (Å²) in [4.78, 5) is 0. The highest BCUT2D eigenvalue weighted by atomic mass is 19.5. The molecule has 0 unspecified atom stereocenters. The maximum absolute atomic E-state index is 9.75. The minimum atomic E-state index is -6.00. The molecule has 0 aromatic rings. The zero-order valence-corrected chi connectivity index (χ0v) is 25.1. The summed E-state index contributed by atoms with van der Waals surface area (Å²) >= 11 is 0. The van der Waals surface area contributed by atoms with Crippen LogP contribution >= 0.6 is 0 Å². The van der Waals surface area contributed by atoms with Crippen LogP contribution in [0.2, 0.25) is 0 Å². The van der Waals surface area contributed by atoms with Crippen molar-refractivity contribution < 1.29 is 43.5 Å². The molecule has 0 aromatic heterocycles. The predicted molar refractivity (Wildman–Crippen MR) is 147 cm³/mol. The van der Waals surface area contributed by atoms with E-state index >= 15 is 0 Å². The number of rotatable bonds is 17. The largest absolute Gasteiger partial charge is 0.673 e. The molecule has 0 fully saturated rings. The van der Waals surface area contributed by atoms with E-state index < -0.39 is 14.5 Å². The van der Waals surface area contributed by atoms with Crippen LogP contribution in [0.3, 0.4) is 0 Å². The van der Waals surface area contributed by atoms with Crippen LogP contribution in [-0.4, -0.2) is 77.3 Å². The molecule has 0 aliphatic rings. The van der Waals surface area contributed by atoms with E-state index in [1.54, 1.807) is 0 Å². The van der Waals surface area contributed by atoms with E-state index in [2.05, 4.69) is 55.8 Å². The van der Waals surface area contributed by atoms with Gasteiger partial charge in [0.15, 0.2) is 0 Å². The molecule has 0 rings (SSSR count). The van der Waals surface area contributed by atoms with Crippen molar-refractivity contribution >= 4 is 14.5 Å². The molecule has 0 aromatic carbocycles. The second-order valence-electron chi connectivity index (χ2n) is 10.7. The zero-order valence-electron chi connectivity index (χ0n) is 25.1. The average Bonchev–Trinajstić information content (AvgIpc) is 2.73. The van der Waals surface area contributed by atoms with Crippen LogP contribution in [0, 0.1) is 0 Å². The first kappa shape index (κ1) is 43.5. The second kappa shape index (κ2) is 25.8. The molecule has 0 atom stereocenters. The fraction of sp³-hybridized carbons (Fsp3) is 1.00. The number of halogens is 8. The SMILES string of the molecule is CCCCCC[N+](C)(C)C.CCCC[N+](CCCC)(CCCC)CCCC.F[B-](F)(F)F.F[B-](F)(F)F. The molecule has 0 saturated carbocycles. The Morgan fingerprint density at radius 3 is 0.811 bits per heavy atom. The van der Waals surface area contributed by atoms with Gasteiger partial charge < -0.3 is 43.5 Å². The lowest BCUT2D eigenvalue weighted by Gasteiger charge is -2.39. The highest BCUT2D eigenvalue weighted by Gasteiger charge is 2.24. The molecule has 0 radical (unpaired) electrons. The van der Waals surface area contributed by atoms with Crippen molar-refractivity contribution in [3.05, 3.63) is 0 Å².